The van der Waals surface area contributed by atoms with Crippen molar-refractivity contribution in [2.24, 2.45) is 0 Å². The van der Waals surface area contributed by atoms with Crippen molar-refractivity contribution >= 4 is 16.7 Å². The highest BCUT2D eigenvalue weighted by molar-refractivity contribution is 7.85. The molecule has 0 bridgehead atoms. The molecule has 0 atom stereocenters. The summed E-state index contributed by atoms with van der Waals surface area (Å²) < 4.78 is 16.3. The van der Waals surface area contributed by atoms with Crippen molar-refractivity contribution in [3.05, 3.63) is 29.8 Å². The van der Waals surface area contributed by atoms with Crippen LogP contribution in [0.4, 0.5) is 0 Å². The predicted octanol–water partition coefficient (Wildman–Crippen LogP) is 0.900. The zero-order valence-electron chi connectivity index (χ0n) is 9.72. The fourth-order valence-corrected chi connectivity index (χ4v) is 2.83. The van der Waals surface area contributed by atoms with Gasteiger partial charge in [-0.05, 0) is 18.2 Å². The Bertz CT molecular complexity index is 437. The summed E-state index contributed by atoms with van der Waals surface area (Å²) in [5.74, 6) is 1.82. The standard InChI is InChI=1S/C12H15NO3S/c1-16-11-4-2-3-10(9-11)12(14)13-5-7-17(15)8-6-13/h2-4,9H,5-8H2,1H3. The molecule has 17 heavy (non-hydrogen) atoms. The van der Waals surface area contributed by atoms with Gasteiger partial charge in [-0.1, -0.05) is 6.07 Å². The highest BCUT2D eigenvalue weighted by Gasteiger charge is 2.21. The molecule has 1 aliphatic heterocycles. The molecule has 1 fully saturated rings. The molecule has 1 aromatic rings. The van der Waals surface area contributed by atoms with E-state index in [4.69, 9.17) is 4.74 Å². The first kappa shape index (κ1) is 12.1. The number of ether oxygens (including phenoxy) is 1. The first-order valence-electron chi connectivity index (χ1n) is 5.49. The molecular weight excluding hydrogens is 238 g/mol. The monoisotopic (exact) mass is 253 g/mol. The molecule has 5 heteroatoms. The van der Waals surface area contributed by atoms with Crippen LogP contribution in [0.5, 0.6) is 5.75 Å². The molecule has 2 rings (SSSR count). The molecule has 1 aromatic carbocycles. The zero-order valence-corrected chi connectivity index (χ0v) is 10.5. The van der Waals surface area contributed by atoms with Gasteiger partial charge in [0.2, 0.25) is 0 Å². The Hall–Kier alpha value is -1.36. The van der Waals surface area contributed by atoms with Crippen molar-refractivity contribution in [3.63, 3.8) is 0 Å². The lowest BCUT2D eigenvalue weighted by atomic mass is 10.2. The van der Waals surface area contributed by atoms with E-state index in [1.165, 1.54) is 0 Å². The van der Waals surface area contributed by atoms with Gasteiger partial charge in [-0.15, -0.1) is 0 Å². The third kappa shape index (κ3) is 2.85. The van der Waals surface area contributed by atoms with Gasteiger partial charge in [-0.25, -0.2) is 0 Å². The Kier molecular flexibility index (Phi) is 3.78. The lowest BCUT2D eigenvalue weighted by Gasteiger charge is -2.26. The number of carbonyl (C=O) groups excluding carboxylic acids is 1. The number of hydrogen-bond donors (Lipinski definition) is 0. The Morgan fingerprint density at radius 1 is 1.35 bits per heavy atom. The van der Waals surface area contributed by atoms with E-state index < -0.39 is 10.8 Å². The van der Waals surface area contributed by atoms with E-state index in [1.54, 1.807) is 30.2 Å². The average molecular weight is 253 g/mol. The maximum Gasteiger partial charge on any atom is 0.254 e. The summed E-state index contributed by atoms with van der Waals surface area (Å²) in [6, 6.07) is 7.11. The molecule has 0 radical (unpaired) electrons. The van der Waals surface area contributed by atoms with Gasteiger partial charge < -0.3 is 9.64 Å². The van der Waals surface area contributed by atoms with Gasteiger partial charge in [-0.3, -0.25) is 9.00 Å². The van der Waals surface area contributed by atoms with Gasteiger partial charge in [0.25, 0.3) is 5.91 Å². The predicted molar refractivity (Wildman–Crippen MR) is 66.8 cm³/mol. The van der Waals surface area contributed by atoms with Gasteiger partial charge in [-0.2, -0.15) is 0 Å². The van der Waals surface area contributed by atoms with E-state index in [-0.39, 0.29) is 5.91 Å². The topological polar surface area (TPSA) is 46.6 Å². The van der Waals surface area contributed by atoms with Crippen LogP contribution in [0.1, 0.15) is 10.4 Å². The molecule has 0 saturated carbocycles. The SMILES string of the molecule is COc1cccc(C(=O)N2CCS(=O)CC2)c1. The number of hydrogen-bond acceptors (Lipinski definition) is 3. The van der Waals surface area contributed by atoms with Crippen molar-refractivity contribution in [3.8, 4) is 5.75 Å². The number of rotatable bonds is 2. The molecule has 1 aliphatic rings. The van der Waals surface area contributed by atoms with Crippen LogP contribution in [0.15, 0.2) is 24.3 Å². The maximum atomic E-state index is 12.1. The van der Waals surface area contributed by atoms with Gasteiger partial charge in [0, 0.05) is 41.0 Å². The van der Waals surface area contributed by atoms with Crippen LogP contribution in [-0.2, 0) is 10.8 Å². The molecule has 1 amide bonds. The van der Waals surface area contributed by atoms with Crippen molar-refractivity contribution < 1.29 is 13.7 Å². The molecule has 0 unspecified atom stereocenters. The summed E-state index contributed by atoms with van der Waals surface area (Å²) in [6.45, 7) is 1.14. The number of nitrogens with zero attached hydrogens (tertiary/aromatic N) is 1. The Morgan fingerprint density at radius 2 is 2.06 bits per heavy atom. The lowest BCUT2D eigenvalue weighted by Crippen LogP contribution is -2.41. The smallest absolute Gasteiger partial charge is 0.254 e. The van der Waals surface area contributed by atoms with Crippen molar-refractivity contribution in [1.82, 2.24) is 4.90 Å². The van der Waals surface area contributed by atoms with Crippen molar-refractivity contribution in [2.75, 3.05) is 31.7 Å². The third-order valence-electron chi connectivity index (χ3n) is 2.78. The molecule has 4 nitrogen and oxygen atoms in total. The van der Waals surface area contributed by atoms with Crippen molar-refractivity contribution in [1.29, 1.82) is 0 Å². The molecule has 1 saturated heterocycles. The highest BCUT2D eigenvalue weighted by atomic mass is 32.2. The first-order valence-corrected chi connectivity index (χ1v) is 6.98. The van der Waals surface area contributed by atoms with Crippen LogP contribution < -0.4 is 4.74 Å². The zero-order chi connectivity index (χ0) is 12.3. The van der Waals surface area contributed by atoms with Crippen LogP contribution in [0.2, 0.25) is 0 Å². The summed E-state index contributed by atoms with van der Waals surface area (Å²) >= 11 is 0. The average Bonchev–Trinajstić information content (AvgIpc) is 2.39. The van der Waals surface area contributed by atoms with E-state index >= 15 is 0 Å². The van der Waals surface area contributed by atoms with Gasteiger partial charge in [0.1, 0.15) is 5.75 Å². The molecule has 0 aromatic heterocycles. The largest absolute Gasteiger partial charge is 0.497 e. The fourth-order valence-electron chi connectivity index (χ4n) is 1.78. The highest BCUT2D eigenvalue weighted by Crippen LogP contribution is 2.15. The second-order valence-electron chi connectivity index (χ2n) is 3.87. The normalized spacial score (nSPS) is 16.9. The van der Waals surface area contributed by atoms with Crippen LogP contribution in [0, 0.1) is 0 Å². The Labute approximate surface area is 103 Å². The minimum Gasteiger partial charge on any atom is -0.497 e. The summed E-state index contributed by atoms with van der Waals surface area (Å²) in [6.07, 6.45) is 0. The Balaban J connectivity index is 2.10. The molecule has 0 aliphatic carbocycles. The maximum absolute atomic E-state index is 12.1. The van der Waals surface area contributed by atoms with Crippen LogP contribution in [0.3, 0.4) is 0 Å². The summed E-state index contributed by atoms with van der Waals surface area (Å²) in [4.78, 5) is 13.9. The Morgan fingerprint density at radius 3 is 2.71 bits per heavy atom. The summed E-state index contributed by atoms with van der Waals surface area (Å²) in [5.41, 5.74) is 0.622. The van der Waals surface area contributed by atoms with Crippen LogP contribution in [-0.4, -0.2) is 46.7 Å². The minimum atomic E-state index is -0.758. The fraction of sp³-hybridized carbons (Fsp3) is 0.417. The van der Waals surface area contributed by atoms with E-state index in [0.29, 0.717) is 35.9 Å². The van der Waals surface area contributed by atoms with E-state index in [9.17, 15) is 9.00 Å². The van der Waals surface area contributed by atoms with E-state index in [0.717, 1.165) is 0 Å². The van der Waals surface area contributed by atoms with Crippen molar-refractivity contribution in [2.45, 2.75) is 0 Å². The third-order valence-corrected chi connectivity index (χ3v) is 4.06. The van der Waals surface area contributed by atoms with E-state index in [2.05, 4.69) is 0 Å². The number of methoxy groups -OCH3 is 1. The molecule has 0 spiro atoms. The van der Waals surface area contributed by atoms with Crippen LogP contribution >= 0.6 is 0 Å². The van der Waals surface area contributed by atoms with E-state index in [1.807, 2.05) is 6.07 Å². The molecule has 92 valence electrons. The second-order valence-corrected chi connectivity index (χ2v) is 5.57. The number of benzene rings is 1. The number of carbonyl (C=O) groups is 1. The molecular formula is C12H15NO3S. The summed E-state index contributed by atoms with van der Waals surface area (Å²) in [7, 11) is 0.819. The molecule has 1 heterocycles. The van der Waals surface area contributed by atoms with Crippen LogP contribution in [0.25, 0.3) is 0 Å². The quantitative estimate of drug-likeness (QED) is 0.786. The van der Waals surface area contributed by atoms with Gasteiger partial charge in [0.05, 0.1) is 7.11 Å². The van der Waals surface area contributed by atoms with Gasteiger partial charge in [0.15, 0.2) is 0 Å². The second kappa shape index (κ2) is 5.31. The summed E-state index contributed by atoms with van der Waals surface area (Å²) in [5, 5.41) is 0. The minimum absolute atomic E-state index is 0.0133. The lowest BCUT2D eigenvalue weighted by molar-refractivity contribution is 0.0771. The first-order chi connectivity index (χ1) is 8.20. The molecule has 0 N–H and O–H groups in total. The van der Waals surface area contributed by atoms with Gasteiger partial charge >= 0.3 is 0 Å². The number of amides is 1.